The molecule has 2 nitrogen and oxygen atoms in total. The number of aromatic nitrogens is 1. The van der Waals surface area contributed by atoms with Crippen LogP contribution >= 0.6 is 0 Å². The highest BCUT2D eigenvalue weighted by Crippen LogP contribution is 2.37. The first-order valence-corrected chi connectivity index (χ1v) is 38.9. The standard InChI is InChI=1S/C90H68N2Si3/c1-10-30-75(31-11-1)93(76-32-12-2-13-33-76,77-34-14-3-15-35-77)84-62-58-72(59-63-84)91(73-60-64-85(65-61-73)94(78-36-16-4-17-37-78,79-38-18-5-19-39-79)80-40-20-6-21-41-80)71-54-50-69(51-55-71)70-52-56-74(57-53-70)92-89-49-29-28-48-87(89)88-68-86(66-67-90(88)92)95(81-42-22-7-23-43-81,82-44-24-8-25-45-82)83-46-26-9-27-47-83/h1-68H. The third-order valence-electron chi connectivity index (χ3n) is 19.7. The number of rotatable bonds is 17. The molecule has 0 N–H and O–H groups in total. The Hall–Kier alpha value is -11.4. The van der Waals surface area contributed by atoms with Gasteiger partial charge in [-0.2, -0.15) is 0 Å². The summed E-state index contributed by atoms with van der Waals surface area (Å²) in [5, 5.41) is 18.7. The van der Waals surface area contributed by atoms with Crippen LogP contribution in [0.3, 0.4) is 0 Å². The van der Waals surface area contributed by atoms with Crippen molar-refractivity contribution in [2.45, 2.75) is 0 Å². The SMILES string of the molecule is c1ccc([Si](c2ccccc2)(c2ccccc2)c2ccc(N(c3ccc(-c4ccc(-n5c6ccccc6c6cc([Si](c7ccccc7)(c7ccccc7)c7ccccc7)ccc65)cc4)cc3)c3ccc([Si](c4ccccc4)(c4ccccc4)c4ccccc4)cc3)cc2)cc1. The fourth-order valence-electron chi connectivity index (χ4n) is 15.5. The van der Waals surface area contributed by atoms with Crippen LogP contribution in [0.2, 0.25) is 0 Å². The zero-order valence-electron chi connectivity index (χ0n) is 52.7. The maximum Gasteiger partial charge on any atom is 0.179 e. The molecule has 0 saturated carbocycles. The molecule has 0 saturated heterocycles. The lowest BCUT2D eigenvalue weighted by Gasteiger charge is -2.35. The molecule has 0 aliphatic heterocycles. The van der Waals surface area contributed by atoms with Crippen molar-refractivity contribution in [3.05, 3.63) is 413 Å². The van der Waals surface area contributed by atoms with Crippen molar-refractivity contribution < 1.29 is 0 Å². The summed E-state index contributed by atoms with van der Waals surface area (Å²) in [6, 6.07) is 154. The molecule has 0 aliphatic rings. The number of hydrogen-bond acceptors (Lipinski definition) is 1. The fourth-order valence-corrected chi connectivity index (χ4v) is 29.7. The van der Waals surface area contributed by atoms with Crippen molar-refractivity contribution in [1.82, 2.24) is 4.57 Å². The van der Waals surface area contributed by atoms with Crippen LogP contribution < -0.4 is 67.1 Å². The largest absolute Gasteiger partial charge is 0.311 e. The lowest BCUT2D eigenvalue weighted by molar-refractivity contribution is 1.18. The fraction of sp³-hybridized carbons (Fsp3) is 0. The van der Waals surface area contributed by atoms with Crippen molar-refractivity contribution in [3.8, 4) is 16.8 Å². The Morgan fingerprint density at radius 3 is 0.726 bits per heavy atom. The first-order chi connectivity index (χ1) is 47.1. The Balaban J connectivity index is 0.800. The van der Waals surface area contributed by atoms with Crippen molar-refractivity contribution in [3.63, 3.8) is 0 Å². The molecule has 0 amide bonds. The van der Waals surface area contributed by atoms with Gasteiger partial charge in [0.25, 0.3) is 0 Å². The first-order valence-electron chi connectivity index (χ1n) is 32.9. The number of hydrogen-bond donors (Lipinski definition) is 0. The van der Waals surface area contributed by atoms with E-state index in [0.717, 1.165) is 33.9 Å². The molecule has 0 unspecified atom stereocenters. The zero-order chi connectivity index (χ0) is 63.4. The highest BCUT2D eigenvalue weighted by Gasteiger charge is 2.44. The molecule has 1 aromatic heterocycles. The van der Waals surface area contributed by atoms with Crippen molar-refractivity contribution in [1.29, 1.82) is 0 Å². The van der Waals surface area contributed by atoms with Gasteiger partial charge in [-0.25, -0.2) is 0 Å². The van der Waals surface area contributed by atoms with Gasteiger partial charge >= 0.3 is 0 Å². The first kappa shape index (κ1) is 58.6. The van der Waals surface area contributed by atoms with Gasteiger partial charge in [-0.05, 0) is 134 Å². The molecule has 95 heavy (non-hydrogen) atoms. The van der Waals surface area contributed by atoms with Gasteiger partial charge in [-0.1, -0.05) is 352 Å². The molecule has 450 valence electrons. The third kappa shape index (κ3) is 10.3. The molecule has 5 heteroatoms. The minimum Gasteiger partial charge on any atom is -0.311 e. The van der Waals surface area contributed by atoms with Crippen molar-refractivity contribution >= 4 is 125 Å². The molecular formula is C90H68N2Si3. The van der Waals surface area contributed by atoms with Crippen LogP contribution in [0.4, 0.5) is 17.1 Å². The van der Waals surface area contributed by atoms with Crippen LogP contribution in [0, 0.1) is 0 Å². The number of benzene rings is 15. The normalized spacial score (nSPS) is 11.8. The van der Waals surface area contributed by atoms with E-state index in [1.54, 1.807) is 0 Å². The summed E-state index contributed by atoms with van der Waals surface area (Å²) in [4.78, 5) is 2.44. The topological polar surface area (TPSA) is 8.17 Å². The quantitative estimate of drug-likeness (QED) is 0.0652. The minimum atomic E-state index is -2.79. The molecule has 1 heterocycles. The average Bonchev–Trinajstić information content (AvgIpc) is 1.69. The van der Waals surface area contributed by atoms with Crippen LogP contribution in [-0.2, 0) is 0 Å². The average molecular weight is 1260 g/mol. The van der Waals surface area contributed by atoms with Crippen LogP contribution in [0.15, 0.2) is 413 Å². The van der Waals surface area contributed by atoms with E-state index in [1.807, 2.05) is 0 Å². The summed E-state index contributed by atoms with van der Waals surface area (Å²) in [6.45, 7) is 0. The molecule has 0 aliphatic carbocycles. The number of nitrogens with zero attached hydrogens (tertiary/aromatic N) is 2. The van der Waals surface area contributed by atoms with Gasteiger partial charge in [0.2, 0.25) is 0 Å². The van der Waals surface area contributed by atoms with E-state index in [2.05, 4.69) is 422 Å². The van der Waals surface area contributed by atoms with E-state index >= 15 is 0 Å². The van der Waals surface area contributed by atoms with E-state index in [1.165, 1.54) is 84.0 Å². The smallest absolute Gasteiger partial charge is 0.179 e. The molecule has 0 atom stereocenters. The summed E-state index contributed by atoms with van der Waals surface area (Å²) in [5.41, 5.74) is 9.04. The molecular weight excluding hydrogens is 1190 g/mol. The van der Waals surface area contributed by atoms with Gasteiger partial charge in [-0.15, -0.1) is 0 Å². The second kappa shape index (κ2) is 25.6. The van der Waals surface area contributed by atoms with Crippen LogP contribution in [0.5, 0.6) is 0 Å². The Bertz CT molecular complexity index is 4760. The van der Waals surface area contributed by atoms with Crippen LogP contribution in [0.1, 0.15) is 0 Å². The number of fused-ring (bicyclic) bond motifs is 3. The van der Waals surface area contributed by atoms with E-state index in [4.69, 9.17) is 0 Å². The summed E-state index contributed by atoms with van der Waals surface area (Å²) < 4.78 is 2.45. The van der Waals surface area contributed by atoms with E-state index < -0.39 is 24.2 Å². The second-order valence-corrected chi connectivity index (χ2v) is 36.1. The summed E-state index contributed by atoms with van der Waals surface area (Å²) in [5.74, 6) is 0. The predicted molar refractivity (Wildman–Crippen MR) is 412 cm³/mol. The monoisotopic (exact) mass is 1260 g/mol. The van der Waals surface area contributed by atoms with Crippen LogP contribution in [-0.4, -0.2) is 28.8 Å². The Kier molecular flexibility index (Phi) is 15.8. The van der Waals surface area contributed by atoms with E-state index in [-0.39, 0.29) is 0 Å². The van der Waals surface area contributed by atoms with Gasteiger partial charge in [-0.3, -0.25) is 0 Å². The molecule has 0 bridgehead atoms. The zero-order valence-corrected chi connectivity index (χ0v) is 55.7. The third-order valence-corrected chi connectivity index (χ3v) is 34.0. The summed E-state index contributed by atoms with van der Waals surface area (Å²) in [6.07, 6.45) is 0. The minimum absolute atomic E-state index is 1.07. The highest BCUT2D eigenvalue weighted by atomic mass is 28.3. The lowest BCUT2D eigenvalue weighted by Crippen LogP contribution is -2.74. The van der Waals surface area contributed by atoms with Crippen molar-refractivity contribution in [2.75, 3.05) is 4.90 Å². The molecule has 15 aromatic carbocycles. The van der Waals surface area contributed by atoms with Gasteiger partial charge < -0.3 is 9.47 Å². The Morgan fingerprint density at radius 1 is 0.179 bits per heavy atom. The van der Waals surface area contributed by atoms with Crippen LogP contribution in [0.25, 0.3) is 38.6 Å². The maximum absolute atomic E-state index is 2.79. The molecule has 0 radical (unpaired) electrons. The van der Waals surface area contributed by atoms with Gasteiger partial charge in [0, 0.05) is 33.5 Å². The van der Waals surface area contributed by atoms with Gasteiger partial charge in [0.1, 0.15) is 0 Å². The summed E-state index contributed by atoms with van der Waals surface area (Å²) >= 11 is 0. The maximum atomic E-state index is 2.51. The number of anilines is 3. The van der Waals surface area contributed by atoms with Gasteiger partial charge in [0.15, 0.2) is 24.2 Å². The van der Waals surface area contributed by atoms with E-state index in [9.17, 15) is 0 Å². The number of para-hydroxylation sites is 1. The highest BCUT2D eigenvalue weighted by molar-refractivity contribution is 7.21. The molecule has 16 rings (SSSR count). The van der Waals surface area contributed by atoms with E-state index in [0.29, 0.717) is 0 Å². The predicted octanol–water partition coefficient (Wildman–Crippen LogP) is 14.1. The van der Waals surface area contributed by atoms with Crippen molar-refractivity contribution in [2.24, 2.45) is 0 Å². The Morgan fingerprint density at radius 2 is 0.411 bits per heavy atom. The molecule has 0 spiro atoms. The van der Waals surface area contributed by atoms with Gasteiger partial charge in [0.05, 0.1) is 11.0 Å². The lowest BCUT2D eigenvalue weighted by atomic mass is 10.0. The molecule has 0 fully saturated rings. The summed E-state index contributed by atoms with van der Waals surface area (Å²) in [7, 11) is -8.36. The second-order valence-electron chi connectivity index (χ2n) is 24.7. The molecule has 16 aromatic rings. The Labute approximate surface area is 560 Å².